The number of hydrogen-bond acceptors (Lipinski definition) is 6. The number of hydrogen-bond donors (Lipinski definition) is 1. The number of carbonyl (C=O) groups excluding carboxylic acids is 2. The molecule has 2 heterocycles. The molecule has 7 nitrogen and oxygen atoms in total. The largest absolute Gasteiger partial charge is 0.507 e. The molecule has 2 aromatic rings. The summed E-state index contributed by atoms with van der Waals surface area (Å²) in [7, 11) is 5.52. The van der Waals surface area contributed by atoms with Crippen LogP contribution in [-0.2, 0) is 9.59 Å². The maximum atomic E-state index is 13.1. The summed E-state index contributed by atoms with van der Waals surface area (Å²) in [5.74, 6) is -0.197. The maximum Gasteiger partial charge on any atom is 0.295 e. The van der Waals surface area contributed by atoms with Crippen LogP contribution in [0.3, 0.4) is 0 Å². The molecule has 0 saturated carbocycles. The quantitative estimate of drug-likeness (QED) is 0.378. The highest BCUT2D eigenvalue weighted by molar-refractivity contribution is 6.46. The molecule has 0 spiro atoms. The summed E-state index contributed by atoms with van der Waals surface area (Å²) >= 11 is 0. The number of carbonyl (C=O) groups is 2. The SMILES string of the molecule is COc1cc(C)c(/C(O)=C2\C(=O)C(=O)N(CCCN(C)C)C2c2ccco2)cc1C(C)C. The molecule has 0 aliphatic carbocycles. The van der Waals surface area contributed by atoms with Gasteiger partial charge in [0.2, 0.25) is 0 Å². The first-order chi connectivity index (χ1) is 15.2. The number of Topliss-reactive ketones (excluding diaryl/α,β-unsaturated/α-hetero) is 1. The van der Waals surface area contributed by atoms with Gasteiger partial charge < -0.3 is 24.1 Å². The van der Waals surface area contributed by atoms with Gasteiger partial charge in [-0.1, -0.05) is 13.8 Å². The van der Waals surface area contributed by atoms with Gasteiger partial charge in [-0.3, -0.25) is 9.59 Å². The van der Waals surface area contributed by atoms with Crippen LogP contribution < -0.4 is 4.74 Å². The summed E-state index contributed by atoms with van der Waals surface area (Å²) in [4.78, 5) is 29.6. The minimum absolute atomic E-state index is 0.0535. The molecule has 1 fully saturated rings. The molecule has 1 aliphatic heterocycles. The number of likely N-dealkylation sites (tertiary alicyclic amines) is 1. The van der Waals surface area contributed by atoms with E-state index in [0.29, 0.717) is 24.3 Å². The summed E-state index contributed by atoms with van der Waals surface area (Å²) in [5.41, 5.74) is 2.23. The van der Waals surface area contributed by atoms with Crippen molar-refractivity contribution < 1.29 is 23.8 Å². The van der Waals surface area contributed by atoms with Crippen LogP contribution in [0.1, 0.15) is 54.7 Å². The Balaban J connectivity index is 2.14. The number of ether oxygens (including phenoxy) is 1. The van der Waals surface area contributed by atoms with E-state index in [1.807, 2.05) is 51.9 Å². The summed E-state index contributed by atoms with van der Waals surface area (Å²) in [6.07, 6.45) is 2.20. The van der Waals surface area contributed by atoms with Gasteiger partial charge in [-0.2, -0.15) is 0 Å². The van der Waals surface area contributed by atoms with Crippen LogP contribution >= 0.6 is 0 Å². The van der Waals surface area contributed by atoms with E-state index < -0.39 is 17.7 Å². The lowest BCUT2D eigenvalue weighted by molar-refractivity contribution is -0.140. The van der Waals surface area contributed by atoms with Crippen molar-refractivity contribution in [2.45, 2.75) is 39.2 Å². The molecule has 1 saturated heterocycles. The number of furan rings is 1. The summed E-state index contributed by atoms with van der Waals surface area (Å²) < 4.78 is 11.1. The molecule has 0 radical (unpaired) electrons. The molecule has 1 atom stereocenters. The fourth-order valence-electron chi connectivity index (χ4n) is 4.14. The molecule has 172 valence electrons. The number of amides is 1. The minimum Gasteiger partial charge on any atom is -0.507 e. The lowest BCUT2D eigenvalue weighted by Gasteiger charge is -2.24. The van der Waals surface area contributed by atoms with Crippen molar-refractivity contribution in [3.8, 4) is 5.75 Å². The van der Waals surface area contributed by atoms with Gasteiger partial charge in [-0.25, -0.2) is 0 Å². The molecule has 1 unspecified atom stereocenters. The van der Waals surface area contributed by atoms with E-state index in [0.717, 1.165) is 23.4 Å². The summed E-state index contributed by atoms with van der Waals surface area (Å²) in [5, 5.41) is 11.3. The highest BCUT2D eigenvalue weighted by Gasteiger charge is 2.47. The van der Waals surface area contributed by atoms with Gasteiger partial charge in [0.25, 0.3) is 11.7 Å². The van der Waals surface area contributed by atoms with Gasteiger partial charge in [-0.15, -0.1) is 0 Å². The van der Waals surface area contributed by atoms with Gasteiger partial charge in [0.1, 0.15) is 23.3 Å². The number of aliphatic hydroxyl groups is 1. The van der Waals surface area contributed by atoms with Crippen molar-refractivity contribution in [2.24, 2.45) is 0 Å². The maximum absolute atomic E-state index is 13.1. The molecule has 1 amide bonds. The van der Waals surface area contributed by atoms with E-state index in [9.17, 15) is 14.7 Å². The van der Waals surface area contributed by atoms with Crippen molar-refractivity contribution in [3.05, 3.63) is 58.6 Å². The van der Waals surface area contributed by atoms with E-state index in [4.69, 9.17) is 9.15 Å². The molecule has 3 rings (SSSR count). The summed E-state index contributed by atoms with van der Waals surface area (Å²) in [6.45, 7) is 7.05. The van der Waals surface area contributed by atoms with Crippen LogP contribution in [0.5, 0.6) is 5.75 Å². The summed E-state index contributed by atoms with van der Waals surface area (Å²) in [6, 6.07) is 6.36. The lowest BCUT2D eigenvalue weighted by atomic mass is 9.92. The zero-order valence-electron chi connectivity index (χ0n) is 19.6. The monoisotopic (exact) mass is 440 g/mol. The predicted molar refractivity (Wildman–Crippen MR) is 123 cm³/mol. The Labute approximate surface area is 189 Å². The van der Waals surface area contributed by atoms with E-state index in [1.165, 1.54) is 11.2 Å². The first-order valence-corrected chi connectivity index (χ1v) is 10.8. The predicted octanol–water partition coefficient (Wildman–Crippen LogP) is 4.09. The van der Waals surface area contributed by atoms with Gasteiger partial charge in [0.05, 0.1) is 18.9 Å². The molecular weight excluding hydrogens is 408 g/mol. The first kappa shape index (κ1) is 23.6. The Bertz CT molecular complexity index is 1020. The van der Waals surface area contributed by atoms with Crippen LogP contribution in [0, 0.1) is 6.92 Å². The molecule has 1 aliphatic rings. The van der Waals surface area contributed by atoms with Gasteiger partial charge >= 0.3 is 0 Å². The van der Waals surface area contributed by atoms with Crippen molar-refractivity contribution in [1.82, 2.24) is 9.80 Å². The molecule has 0 bridgehead atoms. The fraction of sp³-hybridized carbons (Fsp3) is 0.440. The average Bonchev–Trinajstić information content (AvgIpc) is 3.35. The van der Waals surface area contributed by atoms with E-state index >= 15 is 0 Å². The van der Waals surface area contributed by atoms with Crippen molar-refractivity contribution >= 4 is 17.4 Å². The Hall–Kier alpha value is -3.06. The van der Waals surface area contributed by atoms with Gasteiger partial charge in [-0.05, 0) is 75.3 Å². The Morgan fingerprint density at radius 2 is 2.00 bits per heavy atom. The van der Waals surface area contributed by atoms with E-state index in [1.54, 1.807) is 19.2 Å². The molecule has 1 aromatic heterocycles. The lowest BCUT2D eigenvalue weighted by Crippen LogP contribution is -2.32. The Morgan fingerprint density at radius 1 is 1.28 bits per heavy atom. The highest BCUT2D eigenvalue weighted by Crippen LogP contribution is 2.41. The fourth-order valence-corrected chi connectivity index (χ4v) is 4.14. The first-order valence-electron chi connectivity index (χ1n) is 10.8. The number of ketones is 1. The highest BCUT2D eigenvalue weighted by atomic mass is 16.5. The minimum atomic E-state index is -0.767. The third kappa shape index (κ3) is 4.43. The zero-order chi connectivity index (χ0) is 23.6. The number of nitrogens with zero attached hydrogens (tertiary/aromatic N) is 2. The van der Waals surface area contributed by atoms with Crippen LogP contribution in [0.15, 0.2) is 40.5 Å². The third-order valence-electron chi connectivity index (χ3n) is 5.81. The zero-order valence-corrected chi connectivity index (χ0v) is 19.6. The topological polar surface area (TPSA) is 83.2 Å². The number of aryl methyl sites for hydroxylation is 1. The Morgan fingerprint density at radius 3 is 2.56 bits per heavy atom. The van der Waals surface area contributed by atoms with Crippen molar-refractivity contribution in [2.75, 3.05) is 34.3 Å². The van der Waals surface area contributed by atoms with E-state index in [2.05, 4.69) is 0 Å². The second-order valence-corrected chi connectivity index (χ2v) is 8.73. The average molecular weight is 441 g/mol. The Kier molecular flexibility index (Phi) is 7.09. The molecule has 1 aromatic carbocycles. The second-order valence-electron chi connectivity index (χ2n) is 8.73. The molecule has 32 heavy (non-hydrogen) atoms. The standard InChI is InChI=1S/C25H32N2O5/c1-15(2)17-14-18(16(3)13-20(17)31-6)23(28)21-22(19-9-7-12-32-19)27(25(30)24(21)29)11-8-10-26(4)5/h7,9,12-15,22,28H,8,10-11H2,1-6H3/b23-21+. The van der Waals surface area contributed by atoms with Crippen LogP contribution in [0.4, 0.5) is 0 Å². The normalized spacial score (nSPS) is 18.2. The second kappa shape index (κ2) is 9.61. The third-order valence-corrected chi connectivity index (χ3v) is 5.81. The van der Waals surface area contributed by atoms with Crippen LogP contribution in [-0.4, -0.2) is 60.9 Å². The number of aliphatic hydroxyl groups excluding tert-OH is 1. The molecular formula is C25H32N2O5. The smallest absolute Gasteiger partial charge is 0.295 e. The van der Waals surface area contributed by atoms with Gasteiger partial charge in [0.15, 0.2) is 0 Å². The van der Waals surface area contributed by atoms with Crippen LogP contribution in [0.2, 0.25) is 0 Å². The molecule has 7 heteroatoms. The van der Waals surface area contributed by atoms with Crippen LogP contribution in [0.25, 0.3) is 5.76 Å². The molecule has 1 N–H and O–H groups in total. The van der Waals surface area contributed by atoms with E-state index in [-0.39, 0.29) is 17.3 Å². The van der Waals surface area contributed by atoms with Crippen molar-refractivity contribution in [3.63, 3.8) is 0 Å². The number of rotatable bonds is 8. The number of benzene rings is 1. The van der Waals surface area contributed by atoms with Crippen molar-refractivity contribution in [1.29, 1.82) is 0 Å². The van der Waals surface area contributed by atoms with Gasteiger partial charge in [0, 0.05) is 12.1 Å². The number of methoxy groups -OCH3 is 1.